The second-order valence-electron chi connectivity index (χ2n) is 5.63. The quantitative estimate of drug-likeness (QED) is 0.738. The van der Waals surface area contributed by atoms with Gasteiger partial charge in [0.1, 0.15) is 4.90 Å². The first-order chi connectivity index (χ1) is 12.7. The summed E-state index contributed by atoms with van der Waals surface area (Å²) in [6.07, 6.45) is -1.07. The summed E-state index contributed by atoms with van der Waals surface area (Å²) >= 11 is 5.90. The highest BCUT2D eigenvalue weighted by Gasteiger charge is 2.24. The molecular formula is C18H19ClN2O5S. The van der Waals surface area contributed by atoms with E-state index in [1.54, 1.807) is 31.3 Å². The number of carbonyl (C=O) groups is 2. The smallest absolute Gasteiger partial charge is 0.338 e. The molecule has 144 valence electrons. The minimum Gasteiger partial charge on any atom is -0.449 e. The zero-order chi connectivity index (χ0) is 20.2. The third-order valence-electron chi connectivity index (χ3n) is 3.83. The number of benzene rings is 2. The lowest BCUT2D eigenvalue weighted by Crippen LogP contribution is -2.37. The second-order valence-corrected chi connectivity index (χ2v) is 7.90. The monoisotopic (exact) mass is 410 g/mol. The third kappa shape index (κ3) is 4.85. The van der Waals surface area contributed by atoms with E-state index in [4.69, 9.17) is 16.3 Å². The Morgan fingerprint density at radius 2 is 1.78 bits per heavy atom. The molecule has 2 aromatic rings. The molecule has 0 spiro atoms. The second kappa shape index (κ2) is 8.51. The van der Waals surface area contributed by atoms with Gasteiger partial charge in [0, 0.05) is 12.7 Å². The van der Waals surface area contributed by atoms with Crippen LogP contribution in [0.25, 0.3) is 0 Å². The Morgan fingerprint density at radius 1 is 1.15 bits per heavy atom. The molecule has 0 radical (unpaired) electrons. The zero-order valence-electron chi connectivity index (χ0n) is 15.0. The molecule has 0 aliphatic carbocycles. The van der Waals surface area contributed by atoms with Crippen LogP contribution in [-0.2, 0) is 19.6 Å². The van der Waals surface area contributed by atoms with Crippen molar-refractivity contribution in [3.05, 3.63) is 59.1 Å². The van der Waals surface area contributed by atoms with Gasteiger partial charge in [0.2, 0.25) is 10.0 Å². The Bertz CT molecular complexity index is 947. The first-order valence-electron chi connectivity index (χ1n) is 7.94. The van der Waals surface area contributed by atoms with Crippen molar-refractivity contribution in [2.24, 2.45) is 0 Å². The number of hydrogen-bond acceptors (Lipinski definition) is 5. The Morgan fingerprint density at radius 3 is 2.37 bits per heavy atom. The van der Waals surface area contributed by atoms with Gasteiger partial charge in [-0.1, -0.05) is 29.8 Å². The van der Waals surface area contributed by atoms with E-state index in [1.165, 1.54) is 31.0 Å². The number of anilines is 1. The minimum atomic E-state index is -3.84. The van der Waals surface area contributed by atoms with E-state index >= 15 is 0 Å². The summed E-state index contributed by atoms with van der Waals surface area (Å²) in [5.74, 6) is -1.26. The molecule has 1 N–H and O–H groups in total. The molecule has 0 aromatic heterocycles. The van der Waals surface area contributed by atoms with Gasteiger partial charge in [0.05, 0.1) is 10.6 Å². The molecule has 0 aliphatic heterocycles. The molecule has 7 nitrogen and oxygen atoms in total. The average molecular weight is 411 g/mol. The predicted molar refractivity (Wildman–Crippen MR) is 102 cm³/mol. The first kappa shape index (κ1) is 20.9. The van der Waals surface area contributed by atoms with Crippen LogP contribution in [0.3, 0.4) is 0 Å². The summed E-state index contributed by atoms with van der Waals surface area (Å²) < 4.78 is 31.3. The molecule has 0 saturated carbocycles. The molecule has 2 rings (SSSR count). The fourth-order valence-electron chi connectivity index (χ4n) is 2.28. The summed E-state index contributed by atoms with van der Waals surface area (Å²) in [7, 11) is -1.04. The van der Waals surface area contributed by atoms with Gasteiger partial charge < -0.3 is 9.64 Å². The highest BCUT2D eigenvalue weighted by Crippen LogP contribution is 2.23. The number of halogens is 1. The van der Waals surface area contributed by atoms with Crippen LogP contribution >= 0.6 is 11.6 Å². The Labute approximate surface area is 162 Å². The normalized spacial score (nSPS) is 12.3. The minimum absolute atomic E-state index is 0.0322. The van der Waals surface area contributed by atoms with Crippen LogP contribution in [-0.4, -0.2) is 40.5 Å². The van der Waals surface area contributed by atoms with E-state index in [-0.39, 0.29) is 15.5 Å². The lowest BCUT2D eigenvalue weighted by atomic mass is 10.2. The number of amides is 1. The van der Waals surface area contributed by atoms with E-state index in [0.29, 0.717) is 5.69 Å². The molecule has 0 aliphatic rings. The SMILES string of the molecule is CNS(=O)(=O)c1cc(C(=O)O[C@@H](C)C(=O)N(C)c2ccccc2)ccc1Cl. The first-order valence-corrected chi connectivity index (χ1v) is 9.80. The van der Waals surface area contributed by atoms with Gasteiger partial charge in [-0.2, -0.15) is 0 Å². The number of esters is 1. The van der Waals surface area contributed by atoms with Crippen LogP contribution in [0.4, 0.5) is 5.69 Å². The van der Waals surface area contributed by atoms with E-state index < -0.39 is 28.0 Å². The van der Waals surface area contributed by atoms with E-state index in [2.05, 4.69) is 4.72 Å². The van der Waals surface area contributed by atoms with Crippen molar-refractivity contribution in [1.29, 1.82) is 0 Å². The standard InChI is InChI=1S/C18H19ClN2O5S/c1-12(17(22)21(3)14-7-5-4-6-8-14)26-18(23)13-9-10-15(19)16(11-13)27(24,25)20-2/h4-12,20H,1-3H3/t12-/m0/s1. The maximum absolute atomic E-state index is 12.5. The van der Waals surface area contributed by atoms with Crippen molar-refractivity contribution in [2.45, 2.75) is 17.9 Å². The van der Waals surface area contributed by atoms with Crippen molar-refractivity contribution in [1.82, 2.24) is 4.72 Å². The zero-order valence-corrected chi connectivity index (χ0v) is 16.5. The van der Waals surface area contributed by atoms with E-state index in [1.807, 2.05) is 6.07 Å². The molecule has 0 heterocycles. The number of ether oxygens (including phenoxy) is 1. The number of rotatable bonds is 6. The van der Waals surface area contributed by atoms with Crippen LogP contribution in [0.2, 0.25) is 5.02 Å². The molecule has 0 fully saturated rings. The number of nitrogens with zero attached hydrogens (tertiary/aromatic N) is 1. The number of carbonyl (C=O) groups excluding carboxylic acids is 2. The van der Waals surface area contributed by atoms with Gasteiger partial charge >= 0.3 is 5.97 Å². The molecule has 0 unspecified atom stereocenters. The van der Waals surface area contributed by atoms with Gasteiger partial charge in [-0.25, -0.2) is 17.9 Å². The van der Waals surface area contributed by atoms with Crippen molar-refractivity contribution in [3.8, 4) is 0 Å². The average Bonchev–Trinajstić information content (AvgIpc) is 2.67. The highest BCUT2D eigenvalue weighted by atomic mass is 35.5. The number of likely N-dealkylation sites (N-methyl/N-ethyl adjacent to an activating group) is 1. The van der Waals surface area contributed by atoms with E-state index in [0.717, 1.165) is 6.07 Å². The van der Waals surface area contributed by atoms with Gasteiger partial charge in [0.15, 0.2) is 6.10 Å². The number of sulfonamides is 1. The van der Waals surface area contributed by atoms with Crippen LogP contribution in [0.5, 0.6) is 0 Å². The molecule has 2 aromatic carbocycles. The van der Waals surface area contributed by atoms with E-state index in [9.17, 15) is 18.0 Å². The lowest BCUT2D eigenvalue weighted by molar-refractivity contribution is -0.126. The van der Waals surface area contributed by atoms with Crippen molar-refractivity contribution < 1.29 is 22.7 Å². The van der Waals surface area contributed by atoms with Crippen LogP contribution in [0.15, 0.2) is 53.4 Å². The highest BCUT2D eigenvalue weighted by molar-refractivity contribution is 7.89. The summed E-state index contributed by atoms with van der Waals surface area (Å²) in [6, 6.07) is 12.6. The maximum Gasteiger partial charge on any atom is 0.338 e. The molecular weight excluding hydrogens is 392 g/mol. The van der Waals surface area contributed by atoms with Crippen molar-refractivity contribution in [3.63, 3.8) is 0 Å². The van der Waals surface area contributed by atoms with Gasteiger partial charge in [0.25, 0.3) is 5.91 Å². The fourth-order valence-corrected chi connectivity index (χ4v) is 3.53. The summed E-state index contributed by atoms with van der Waals surface area (Å²) in [5, 5.41) is -0.0335. The maximum atomic E-state index is 12.5. The molecule has 1 atom stereocenters. The number of para-hydroxylation sites is 1. The predicted octanol–water partition coefficient (Wildman–Crippen LogP) is 2.46. The van der Waals surface area contributed by atoms with Crippen LogP contribution in [0, 0.1) is 0 Å². The van der Waals surface area contributed by atoms with Crippen LogP contribution < -0.4 is 9.62 Å². The molecule has 9 heteroatoms. The Hall–Kier alpha value is -2.42. The molecule has 27 heavy (non-hydrogen) atoms. The topological polar surface area (TPSA) is 92.8 Å². The van der Waals surface area contributed by atoms with Crippen molar-refractivity contribution >= 4 is 39.2 Å². The Kier molecular flexibility index (Phi) is 6.59. The lowest BCUT2D eigenvalue weighted by Gasteiger charge is -2.21. The summed E-state index contributed by atoms with van der Waals surface area (Å²) in [6.45, 7) is 1.45. The van der Waals surface area contributed by atoms with Gasteiger partial charge in [-0.15, -0.1) is 0 Å². The molecule has 0 saturated heterocycles. The molecule has 0 bridgehead atoms. The fraction of sp³-hybridized carbons (Fsp3) is 0.222. The Balaban J connectivity index is 2.17. The van der Waals surface area contributed by atoms with Crippen LogP contribution in [0.1, 0.15) is 17.3 Å². The summed E-state index contributed by atoms with van der Waals surface area (Å²) in [5.41, 5.74) is 0.620. The number of hydrogen-bond donors (Lipinski definition) is 1. The largest absolute Gasteiger partial charge is 0.449 e. The third-order valence-corrected chi connectivity index (χ3v) is 5.73. The number of nitrogens with one attached hydrogen (secondary N) is 1. The van der Waals surface area contributed by atoms with Gasteiger partial charge in [-0.05, 0) is 44.3 Å². The van der Waals surface area contributed by atoms with Gasteiger partial charge in [-0.3, -0.25) is 4.79 Å². The molecule has 1 amide bonds. The van der Waals surface area contributed by atoms with Crippen molar-refractivity contribution in [2.75, 3.05) is 19.0 Å². The summed E-state index contributed by atoms with van der Waals surface area (Å²) in [4.78, 5) is 25.9.